The summed E-state index contributed by atoms with van der Waals surface area (Å²) in [6.07, 6.45) is 0.670. The number of benzene rings is 1. The van der Waals surface area contributed by atoms with E-state index >= 15 is 0 Å². The molecule has 1 heterocycles. The number of aryl methyl sites for hydroxylation is 1. The monoisotopic (exact) mass is 275 g/mol. The molecule has 20 heavy (non-hydrogen) atoms. The Labute approximate surface area is 121 Å². The van der Waals surface area contributed by atoms with Gasteiger partial charge in [0.1, 0.15) is 0 Å². The van der Waals surface area contributed by atoms with Crippen molar-refractivity contribution in [3.8, 4) is 0 Å². The zero-order valence-electron chi connectivity index (χ0n) is 12.7. The number of amides is 1. The van der Waals surface area contributed by atoms with E-state index in [-0.39, 0.29) is 5.91 Å². The van der Waals surface area contributed by atoms with Gasteiger partial charge in [-0.15, -0.1) is 0 Å². The average molecular weight is 275 g/mol. The highest BCUT2D eigenvalue weighted by Gasteiger charge is 2.32. The van der Waals surface area contributed by atoms with Crippen molar-refractivity contribution in [3.63, 3.8) is 0 Å². The van der Waals surface area contributed by atoms with Crippen LogP contribution < -0.4 is 10.6 Å². The zero-order valence-corrected chi connectivity index (χ0v) is 12.7. The summed E-state index contributed by atoms with van der Waals surface area (Å²) in [5, 5.41) is 0. The SMILES string of the molecule is CCC(C)(N)C(=O)N1CCN(c2ccccc2C)CC1. The van der Waals surface area contributed by atoms with Crippen molar-refractivity contribution in [2.24, 2.45) is 5.73 Å². The molecule has 1 aromatic rings. The Morgan fingerprint density at radius 2 is 1.85 bits per heavy atom. The van der Waals surface area contributed by atoms with Crippen molar-refractivity contribution >= 4 is 11.6 Å². The highest BCUT2D eigenvalue weighted by molar-refractivity contribution is 5.85. The van der Waals surface area contributed by atoms with Crippen LogP contribution in [0.4, 0.5) is 5.69 Å². The van der Waals surface area contributed by atoms with Crippen molar-refractivity contribution < 1.29 is 4.79 Å². The van der Waals surface area contributed by atoms with Gasteiger partial charge in [0, 0.05) is 31.9 Å². The van der Waals surface area contributed by atoms with Crippen molar-refractivity contribution in [3.05, 3.63) is 29.8 Å². The fraction of sp³-hybridized carbons (Fsp3) is 0.562. The Morgan fingerprint density at radius 3 is 2.40 bits per heavy atom. The molecule has 1 saturated heterocycles. The molecule has 1 unspecified atom stereocenters. The second-order valence-corrected chi connectivity index (χ2v) is 5.84. The van der Waals surface area contributed by atoms with Crippen LogP contribution >= 0.6 is 0 Å². The van der Waals surface area contributed by atoms with Crippen LogP contribution in [0.15, 0.2) is 24.3 Å². The fourth-order valence-corrected chi connectivity index (χ4v) is 2.58. The summed E-state index contributed by atoms with van der Waals surface area (Å²) < 4.78 is 0. The number of para-hydroxylation sites is 1. The number of hydrogen-bond donors (Lipinski definition) is 1. The summed E-state index contributed by atoms with van der Waals surface area (Å²) in [7, 11) is 0. The predicted molar refractivity (Wildman–Crippen MR) is 82.9 cm³/mol. The Morgan fingerprint density at radius 1 is 1.25 bits per heavy atom. The molecule has 0 spiro atoms. The fourth-order valence-electron chi connectivity index (χ4n) is 2.58. The van der Waals surface area contributed by atoms with E-state index in [1.807, 2.05) is 18.7 Å². The maximum absolute atomic E-state index is 12.3. The minimum absolute atomic E-state index is 0.0735. The summed E-state index contributed by atoms with van der Waals surface area (Å²) in [6.45, 7) is 9.15. The number of piperazine rings is 1. The first-order valence-electron chi connectivity index (χ1n) is 7.34. The lowest BCUT2D eigenvalue weighted by atomic mass is 9.98. The highest BCUT2D eigenvalue weighted by Crippen LogP contribution is 2.21. The van der Waals surface area contributed by atoms with Crippen LogP contribution in [0.5, 0.6) is 0 Å². The number of carbonyl (C=O) groups excluding carboxylic acids is 1. The quantitative estimate of drug-likeness (QED) is 0.914. The molecule has 0 bridgehead atoms. The van der Waals surface area contributed by atoms with E-state index < -0.39 is 5.54 Å². The lowest BCUT2D eigenvalue weighted by Gasteiger charge is -2.39. The Hall–Kier alpha value is -1.55. The van der Waals surface area contributed by atoms with Gasteiger partial charge in [-0.3, -0.25) is 4.79 Å². The number of nitrogens with two attached hydrogens (primary N) is 1. The molecule has 1 aliphatic rings. The van der Waals surface area contributed by atoms with Gasteiger partial charge < -0.3 is 15.5 Å². The minimum Gasteiger partial charge on any atom is -0.368 e. The van der Waals surface area contributed by atoms with Crippen molar-refractivity contribution in [2.75, 3.05) is 31.1 Å². The van der Waals surface area contributed by atoms with E-state index in [0.29, 0.717) is 6.42 Å². The first-order chi connectivity index (χ1) is 9.45. The van der Waals surface area contributed by atoms with E-state index in [9.17, 15) is 4.79 Å². The standard InChI is InChI=1S/C16H25N3O/c1-4-16(3,17)15(20)19-11-9-18(10-12-19)14-8-6-5-7-13(14)2/h5-8H,4,9-12,17H2,1-3H3. The molecule has 1 aromatic carbocycles. The maximum atomic E-state index is 12.3. The molecule has 4 heteroatoms. The molecule has 0 aromatic heterocycles. The van der Waals surface area contributed by atoms with Crippen LogP contribution in [0, 0.1) is 6.92 Å². The van der Waals surface area contributed by atoms with Gasteiger partial charge in [0.15, 0.2) is 0 Å². The Balaban J connectivity index is 2.00. The summed E-state index contributed by atoms with van der Waals surface area (Å²) in [5.74, 6) is 0.0735. The molecule has 0 aliphatic carbocycles. The molecular weight excluding hydrogens is 250 g/mol. The Kier molecular flexibility index (Phi) is 4.33. The second kappa shape index (κ2) is 5.83. The Bertz CT molecular complexity index is 476. The van der Waals surface area contributed by atoms with Crippen molar-refractivity contribution in [2.45, 2.75) is 32.7 Å². The van der Waals surface area contributed by atoms with Crippen LogP contribution in [-0.2, 0) is 4.79 Å². The molecule has 0 saturated carbocycles. The smallest absolute Gasteiger partial charge is 0.242 e. The molecule has 0 radical (unpaired) electrons. The van der Waals surface area contributed by atoms with Crippen LogP contribution in [0.1, 0.15) is 25.8 Å². The minimum atomic E-state index is -0.731. The molecule has 1 aliphatic heterocycles. The van der Waals surface area contributed by atoms with Gasteiger partial charge in [0.25, 0.3) is 0 Å². The molecule has 1 atom stereocenters. The lowest BCUT2D eigenvalue weighted by Crippen LogP contribution is -2.58. The third-order valence-corrected chi connectivity index (χ3v) is 4.25. The van der Waals surface area contributed by atoms with Gasteiger partial charge in [-0.2, -0.15) is 0 Å². The topological polar surface area (TPSA) is 49.6 Å². The predicted octanol–water partition coefficient (Wildman–Crippen LogP) is 1.77. The molecular formula is C16H25N3O. The van der Waals surface area contributed by atoms with Crippen LogP contribution in [0.25, 0.3) is 0 Å². The average Bonchev–Trinajstić information content (AvgIpc) is 2.47. The number of rotatable bonds is 3. The molecule has 1 amide bonds. The normalized spacial score (nSPS) is 18.8. The first kappa shape index (κ1) is 14.9. The van der Waals surface area contributed by atoms with Gasteiger partial charge in [0.2, 0.25) is 5.91 Å². The lowest BCUT2D eigenvalue weighted by molar-refractivity contribution is -0.136. The third kappa shape index (κ3) is 2.96. The summed E-state index contributed by atoms with van der Waals surface area (Å²) in [5.41, 5.74) is 7.88. The number of nitrogens with zero attached hydrogens (tertiary/aromatic N) is 2. The van der Waals surface area contributed by atoms with Gasteiger partial charge in [-0.25, -0.2) is 0 Å². The van der Waals surface area contributed by atoms with E-state index in [1.165, 1.54) is 11.3 Å². The number of hydrogen-bond acceptors (Lipinski definition) is 3. The van der Waals surface area contributed by atoms with Gasteiger partial charge in [0.05, 0.1) is 5.54 Å². The summed E-state index contributed by atoms with van der Waals surface area (Å²) >= 11 is 0. The second-order valence-electron chi connectivity index (χ2n) is 5.84. The summed E-state index contributed by atoms with van der Waals surface area (Å²) in [6, 6.07) is 8.39. The molecule has 110 valence electrons. The highest BCUT2D eigenvalue weighted by atomic mass is 16.2. The maximum Gasteiger partial charge on any atom is 0.242 e. The van der Waals surface area contributed by atoms with Crippen LogP contribution in [0.3, 0.4) is 0 Å². The molecule has 1 fully saturated rings. The van der Waals surface area contributed by atoms with Crippen LogP contribution in [-0.4, -0.2) is 42.5 Å². The largest absolute Gasteiger partial charge is 0.368 e. The van der Waals surface area contributed by atoms with E-state index in [4.69, 9.17) is 5.73 Å². The third-order valence-electron chi connectivity index (χ3n) is 4.25. The zero-order chi connectivity index (χ0) is 14.8. The first-order valence-corrected chi connectivity index (χ1v) is 7.34. The van der Waals surface area contributed by atoms with Gasteiger partial charge in [-0.05, 0) is 31.9 Å². The van der Waals surface area contributed by atoms with Crippen molar-refractivity contribution in [1.82, 2.24) is 4.90 Å². The number of carbonyl (C=O) groups is 1. The summed E-state index contributed by atoms with van der Waals surface area (Å²) in [4.78, 5) is 16.6. The molecule has 4 nitrogen and oxygen atoms in total. The van der Waals surface area contributed by atoms with Gasteiger partial charge >= 0.3 is 0 Å². The van der Waals surface area contributed by atoms with Gasteiger partial charge in [-0.1, -0.05) is 25.1 Å². The van der Waals surface area contributed by atoms with Crippen molar-refractivity contribution in [1.29, 1.82) is 0 Å². The van der Waals surface area contributed by atoms with E-state index in [0.717, 1.165) is 26.2 Å². The van der Waals surface area contributed by atoms with E-state index in [2.05, 4.69) is 36.1 Å². The van der Waals surface area contributed by atoms with Crippen LogP contribution in [0.2, 0.25) is 0 Å². The molecule has 2 rings (SSSR count). The van der Waals surface area contributed by atoms with E-state index in [1.54, 1.807) is 0 Å². The molecule has 2 N–H and O–H groups in total. The number of anilines is 1.